The summed E-state index contributed by atoms with van der Waals surface area (Å²) >= 11 is 1.89. The van der Waals surface area contributed by atoms with E-state index in [2.05, 4.69) is 121 Å². The zero-order valence-electron chi connectivity index (χ0n) is 24.6. The van der Waals surface area contributed by atoms with Gasteiger partial charge in [-0.05, 0) is 63.3 Å². The van der Waals surface area contributed by atoms with Gasteiger partial charge < -0.3 is 9.84 Å². The molecule has 0 spiro atoms. The minimum absolute atomic E-state index is 0.412. The first kappa shape index (κ1) is 26.6. The van der Waals surface area contributed by atoms with E-state index in [9.17, 15) is 5.11 Å². The van der Waals surface area contributed by atoms with Gasteiger partial charge in [-0.25, -0.2) is 0 Å². The number of thioether (sulfide) groups is 1. The molecule has 45 heavy (non-hydrogen) atoms. The molecule has 2 heterocycles. The fourth-order valence-corrected chi connectivity index (χ4v) is 9.45. The number of rotatable bonds is 4. The standard InChI is InChI=1S/C42H30O2S/c43-42(35-23-11-10-21-32(35)28-14-4-1-5-15-28)24-12-16-29-26-34-33-22-13-25-44-39(33)38-40(36(34)37(29)42)45-27-41(38,30-17-6-2-7-18-30)31-19-8-3-9-20-31/h1-21,23-26,43H,22,27H2. The Kier molecular flexibility index (Phi) is 5.96. The molecule has 0 bridgehead atoms. The van der Waals surface area contributed by atoms with Crippen LogP contribution in [0.15, 0.2) is 156 Å². The van der Waals surface area contributed by atoms with Gasteiger partial charge in [-0.15, -0.1) is 11.8 Å². The number of allylic oxidation sites excluding steroid dienone is 3. The molecule has 0 radical (unpaired) electrons. The number of benzene rings is 5. The lowest BCUT2D eigenvalue weighted by Crippen LogP contribution is -2.39. The normalized spacial score (nSPS) is 19.9. The van der Waals surface area contributed by atoms with Crippen LogP contribution in [0.2, 0.25) is 0 Å². The van der Waals surface area contributed by atoms with Gasteiger partial charge in [0, 0.05) is 32.6 Å². The first-order valence-electron chi connectivity index (χ1n) is 15.5. The summed E-state index contributed by atoms with van der Waals surface area (Å²) in [7, 11) is 0. The van der Waals surface area contributed by atoms with Crippen molar-refractivity contribution in [1.29, 1.82) is 0 Å². The number of fused-ring (bicyclic) bond motifs is 7. The van der Waals surface area contributed by atoms with Crippen LogP contribution in [-0.4, -0.2) is 10.9 Å². The van der Waals surface area contributed by atoms with Crippen molar-refractivity contribution in [1.82, 2.24) is 0 Å². The van der Waals surface area contributed by atoms with Crippen LogP contribution < -0.4 is 15.2 Å². The zero-order chi connectivity index (χ0) is 30.0. The Balaban J connectivity index is 1.41. The molecule has 0 fully saturated rings. The number of aliphatic hydroxyl groups is 1. The van der Waals surface area contributed by atoms with E-state index in [1.54, 1.807) is 0 Å². The van der Waals surface area contributed by atoms with Crippen molar-refractivity contribution in [2.24, 2.45) is 0 Å². The molecule has 2 aliphatic heterocycles. The lowest BCUT2D eigenvalue weighted by atomic mass is 9.69. The van der Waals surface area contributed by atoms with Crippen molar-refractivity contribution < 1.29 is 9.84 Å². The van der Waals surface area contributed by atoms with Crippen LogP contribution in [0, 0.1) is 0 Å². The summed E-state index contributed by atoms with van der Waals surface area (Å²) in [6.07, 6.45) is 13.1. The molecule has 0 amide bonds. The SMILES string of the molecule is OC1(c2ccccc2-c2ccccc2)C=CC=C2C=c3c4c(c5c(c3=C21)SCC5(c1ccccc1)c1ccccc1)OC=CC4. The Morgan fingerprint density at radius 1 is 0.756 bits per heavy atom. The highest BCUT2D eigenvalue weighted by atomic mass is 32.2. The van der Waals surface area contributed by atoms with E-state index in [1.165, 1.54) is 27.1 Å². The Morgan fingerprint density at radius 3 is 2.16 bits per heavy atom. The molecule has 1 unspecified atom stereocenters. The summed E-state index contributed by atoms with van der Waals surface area (Å²) in [5, 5.41) is 15.4. The van der Waals surface area contributed by atoms with Gasteiger partial charge in [-0.1, -0.05) is 127 Å². The van der Waals surface area contributed by atoms with Crippen LogP contribution >= 0.6 is 11.8 Å². The predicted molar refractivity (Wildman–Crippen MR) is 184 cm³/mol. The largest absolute Gasteiger partial charge is 0.465 e. The van der Waals surface area contributed by atoms with Crippen LogP contribution in [-0.2, 0) is 17.4 Å². The molecular formula is C42H30O2S. The third-order valence-corrected chi connectivity index (χ3v) is 11.1. The fraction of sp³-hybridized carbons (Fsp3) is 0.0952. The minimum Gasteiger partial charge on any atom is -0.465 e. The van der Waals surface area contributed by atoms with Crippen LogP contribution in [0.25, 0.3) is 22.8 Å². The van der Waals surface area contributed by atoms with Crippen molar-refractivity contribution >= 4 is 23.4 Å². The van der Waals surface area contributed by atoms with Crippen LogP contribution in [0.4, 0.5) is 0 Å². The lowest BCUT2D eigenvalue weighted by Gasteiger charge is -2.34. The zero-order valence-corrected chi connectivity index (χ0v) is 25.4. The quantitative estimate of drug-likeness (QED) is 0.231. The molecule has 0 saturated carbocycles. The molecule has 2 aliphatic carbocycles. The molecule has 5 aromatic carbocycles. The van der Waals surface area contributed by atoms with Gasteiger partial charge in [0.05, 0.1) is 11.7 Å². The molecule has 1 N–H and O–H groups in total. The third-order valence-electron chi connectivity index (χ3n) is 9.80. The molecule has 216 valence electrons. The van der Waals surface area contributed by atoms with E-state index in [1.807, 2.05) is 42.3 Å². The van der Waals surface area contributed by atoms with Crippen molar-refractivity contribution in [2.45, 2.75) is 22.3 Å². The lowest BCUT2D eigenvalue weighted by molar-refractivity contribution is 0.153. The van der Waals surface area contributed by atoms with Crippen LogP contribution in [0.5, 0.6) is 5.75 Å². The van der Waals surface area contributed by atoms with E-state index in [0.29, 0.717) is 0 Å². The molecule has 0 saturated heterocycles. The van der Waals surface area contributed by atoms with Gasteiger partial charge in [-0.2, -0.15) is 0 Å². The Bertz CT molecular complexity index is 2170. The number of hydrogen-bond donors (Lipinski definition) is 1. The maximum atomic E-state index is 13.1. The average molecular weight is 599 g/mol. The first-order valence-corrected chi connectivity index (χ1v) is 16.5. The summed E-state index contributed by atoms with van der Waals surface area (Å²) in [5.74, 6) is 1.80. The molecule has 1 atom stereocenters. The van der Waals surface area contributed by atoms with E-state index in [4.69, 9.17) is 4.74 Å². The van der Waals surface area contributed by atoms with Gasteiger partial charge in [0.2, 0.25) is 0 Å². The molecule has 4 aliphatic rings. The second-order valence-corrected chi connectivity index (χ2v) is 13.1. The monoisotopic (exact) mass is 598 g/mol. The predicted octanol–water partition coefficient (Wildman–Crippen LogP) is 7.57. The Morgan fingerprint density at radius 2 is 1.42 bits per heavy atom. The molecule has 9 rings (SSSR count). The molecule has 3 heteroatoms. The van der Waals surface area contributed by atoms with Crippen molar-refractivity contribution in [3.05, 3.63) is 190 Å². The smallest absolute Gasteiger partial charge is 0.136 e. The molecular weight excluding hydrogens is 569 g/mol. The van der Waals surface area contributed by atoms with Crippen LogP contribution in [0.3, 0.4) is 0 Å². The van der Waals surface area contributed by atoms with E-state index >= 15 is 0 Å². The highest BCUT2D eigenvalue weighted by molar-refractivity contribution is 7.99. The molecule has 2 nitrogen and oxygen atoms in total. The Hall–Kier alpha value is -4.83. The van der Waals surface area contributed by atoms with Gasteiger partial charge in [-0.3, -0.25) is 0 Å². The highest BCUT2D eigenvalue weighted by Crippen LogP contribution is 2.56. The summed E-state index contributed by atoms with van der Waals surface area (Å²) < 4.78 is 6.54. The third kappa shape index (κ3) is 3.75. The average Bonchev–Trinajstić information content (AvgIpc) is 3.71. The van der Waals surface area contributed by atoms with Gasteiger partial charge in [0.15, 0.2) is 0 Å². The fourth-order valence-electron chi connectivity index (χ4n) is 7.85. The Labute approximate surface area is 267 Å². The minimum atomic E-state index is -1.32. The van der Waals surface area contributed by atoms with Gasteiger partial charge in [0.1, 0.15) is 11.4 Å². The maximum Gasteiger partial charge on any atom is 0.136 e. The summed E-state index contributed by atoms with van der Waals surface area (Å²) in [5.41, 5.74) is 8.18. The van der Waals surface area contributed by atoms with E-state index < -0.39 is 11.0 Å². The summed E-state index contributed by atoms with van der Waals surface area (Å²) in [6, 6.07) is 40.4. The van der Waals surface area contributed by atoms with Crippen LogP contribution in [0.1, 0.15) is 27.8 Å². The maximum absolute atomic E-state index is 13.1. The molecule has 0 aromatic heterocycles. The van der Waals surface area contributed by atoms with Crippen molar-refractivity contribution in [2.75, 3.05) is 5.75 Å². The van der Waals surface area contributed by atoms with E-state index in [0.717, 1.165) is 56.2 Å². The van der Waals surface area contributed by atoms with Crippen molar-refractivity contribution in [3.63, 3.8) is 0 Å². The topological polar surface area (TPSA) is 29.5 Å². The summed E-state index contributed by atoms with van der Waals surface area (Å²) in [6.45, 7) is 0. The van der Waals surface area contributed by atoms with Crippen molar-refractivity contribution in [3.8, 4) is 16.9 Å². The van der Waals surface area contributed by atoms with Gasteiger partial charge in [0.25, 0.3) is 0 Å². The second-order valence-electron chi connectivity index (χ2n) is 12.1. The summed E-state index contributed by atoms with van der Waals surface area (Å²) in [4.78, 5) is 1.20. The number of ether oxygens (including phenoxy) is 1. The number of hydrogen-bond acceptors (Lipinski definition) is 3. The molecule has 5 aromatic rings. The second kappa shape index (κ2) is 10.1. The highest BCUT2D eigenvalue weighted by Gasteiger charge is 2.49. The first-order chi connectivity index (χ1) is 22.2. The van der Waals surface area contributed by atoms with E-state index in [-0.39, 0.29) is 0 Å². The van der Waals surface area contributed by atoms with Gasteiger partial charge >= 0.3 is 0 Å².